The highest BCUT2D eigenvalue weighted by Crippen LogP contribution is 2.45. The second kappa shape index (κ2) is 12.2. The number of anilines is 1. The van der Waals surface area contributed by atoms with Crippen molar-refractivity contribution in [2.45, 2.75) is 41.9 Å². The summed E-state index contributed by atoms with van der Waals surface area (Å²) in [5.41, 5.74) is 5.88. The minimum absolute atomic E-state index is 0.0150. The lowest BCUT2D eigenvalue weighted by atomic mass is 9.81. The van der Waals surface area contributed by atoms with E-state index >= 15 is 0 Å². The van der Waals surface area contributed by atoms with Crippen molar-refractivity contribution in [3.63, 3.8) is 0 Å². The molecule has 2 unspecified atom stereocenters. The number of ether oxygens (including phenoxy) is 1. The van der Waals surface area contributed by atoms with Gasteiger partial charge in [0.2, 0.25) is 21.9 Å². The van der Waals surface area contributed by atoms with E-state index in [1.807, 2.05) is 5.32 Å². The van der Waals surface area contributed by atoms with Gasteiger partial charge in [-0.25, -0.2) is 22.0 Å². The first-order chi connectivity index (χ1) is 18.6. The second-order valence-corrected chi connectivity index (χ2v) is 12.1. The molecule has 1 aliphatic carbocycles. The van der Waals surface area contributed by atoms with Crippen LogP contribution in [0.4, 0.5) is 32.4 Å². The van der Waals surface area contributed by atoms with E-state index in [0.717, 1.165) is 17.5 Å². The van der Waals surface area contributed by atoms with E-state index in [1.165, 1.54) is 30.3 Å². The van der Waals surface area contributed by atoms with Crippen molar-refractivity contribution in [1.29, 1.82) is 0 Å². The summed E-state index contributed by atoms with van der Waals surface area (Å²) in [5, 5.41) is 13.9. The predicted octanol–water partition coefficient (Wildman–Crippen LogP) is 3.18. The molecule has 0 saturated heterocycles. The molecule has 2 amide bonds. The van der Waals surface area contributed by atoms with Crippen molar-refractivity contribution >= 4 is 39.0 Å². The maximum Gasteiger partial charge on any atom is 0.413 e. The molecule has 10 nitrogen and oxygen atoms in total. The number of alkyl halides is 5. The summed E-state index contributed by atoms with van der Waals surface area (Å²) in [6, 6.07) is 3.25. The fourth-order valence-corrected chi connectivity index (χ4v) is 7.05. The van der Waals surface area contributed by atoms with Crippen LogP contribution in [0.2, 0.25) is 0 Å². The number of aliphatic hydroxyl groups excluding tert-OH is 1. The van der Waals surface area contributed by atoms with Gasteiger partial charge >= 0.3 is 12.3 Å². The standard InChI is InChI=1S/C23H27F5N4O6S2/c1-38-21(35)30-10-19(34)31-20(23(26,27)28)18-7-6-17(39-18)16(12-33)32(11-13-8-22(24,25)9-13)40(36,37)15-4-2-14(29)3-5-15/h2-7,13,16,20,33H,8-12,29H2,1H3,(H,30,35)(H,31,34). The number of alkyl carbamates (subject to hydrolysis) is 1. The van der Waals surface area contributed by atoms with Crippen molar-refractivity contribution in [3.8, 4) is 0 Å². The Morgan fingerprint density at radius 3 is 2.30 bits per heavy atom. The van der Waals surface area contributed by atoms with Crippen LogP contribution in [0.15, 0.2) is 41.3 Å². The van der Waals surface area contributed by atoms with Crippen LogP contribution in [0.3, 0.4) is 0 Å². The van der Waals surface area contributed by atoms with E-state index in [1.54, 1.807) is 5.32 Å². The molecule has 1 aromatic carbocycles. The van der Waals surface area contributed by atoms with Gasteiger partial charge in [-0.15, -0.1) is 11.3 Å². The molecular formula is C23H27F5N4O6S2. The van der Waals surface area contributed by atoms with Gasteiger partial charge in [0, 0.05) is 34.8 Å². The largest absolute Gasteiger partial charge is 0.453 e. The van der Waals surface area contributed by atoms with Crippen molar-refractivity contribution in [3.05, 3.63) is 46.2 Å². The Labute approximate surface area is 230 Å². The molecule has 40 heavy (non-hydrogen) atoms. The van der Waals surface area contributed by atoms with Crippen molar-refractivity contribution < 1.29 is 49.8 Å². The Morgan fingerprint density at radius 2 is 1.77 bits per heavy atom. The number of sulfonamides is 1. The van der Waals surface area contributed by atoms with E-state index in [4.69, 9.17) is 5.73 Å². The molecule has 0 radical (unpaired) electrons. The number of carbonyl (C=O) groups excluding carboxylic acids is 2. The average Bonchev–Trinajstić information content (AvgIpc) is 3.33. The van der Waals surface area contributed by atoms with Crippen LogP contribution in [0.1, 0.15) is 34.7 Å². The molecule has 2 atom stereocenters. The topological polar surface area (TPSA) is 151 Å². The molecule has 1 heterocycles. The van der Waals surface area contributed by atoms with Gasteiger partial charge in [-0.05, 0) is 42.3 Å². The van der Waals surface area contributed by atoms with Crippen molar-refractivity contribution in [2.24, 2.45) is 5.92 Å². The summed E-state index contributed by atoms with van der Waals surface area (Å²) >= 11 is 0.485. The van der Waals surface area contributed by atoms with Gasteiger partial charge in [-0.3, -0.25) is 4.79 Å². The maximum absolute atomic E-state index is 13.9. The predicted molar refractivity (Wildman–Crippen MR) is 134 cm³/mol. The number of nitrogen functional groups attached to an aromatic ring is 1. The number of carbonyl (C=O) groups is 2. The number of nitrogens with zero attached hydrogens (tertiary/aromatic N) is 1. The van der Waals surface area contributed by atoms with Gasteiger partial charge in [0.1, 0.15) is 6.54 Å². The lowest BCUT2D eigenvalue weighted by molar-refractivity contribution is -0.162. The molecule has 1 aliphatic rings. The lowest BCUT2D eigenvalue weighted by Crippen LogP contribution is -2.46. The second-order valence-electron chi connectivity index (χ2n) is 9.10. The maximum atomic E-state index is 13.9. The van der Waals surface area contributed by atoms with Gasteiger partial charge in [-0.2, -0.15) is 17.5 Å². The Hall–Kier alpha value is -3.02. The molecule has 2 aromatic rings. The number of hydrogen-bond donors (Lipinski definition) is 4. The van der Waals surface area contributed by atoms with Crippen LogP contribution in [-0.4, -0.2) is 68.7 Å². The molecule has 1 saturated carbocycles. The van der Waals surface area contributed by atoms with Gasteiger partial charge in [0.25, 0.3) is 0 Å². The molecule has 1 aromatic heterocycles. The summed E-state index contributed by atoms with van der Waals surface area (Å²) in [6.45, 7) is -2.10. The molecule has 3 rings (SSSR count). The van der Waals surface area contributed by atoms with E-state index in [-0.39, 0.29) is 15.5 Å². The fourth-order valence-electron chi connectivity index (χ4n) is 4.11. The van der Waals surface area contributed by atoms with Crippen molar-refractivity contribution in [1.82, 2.24) is 14.9 Å². The zero-order valence-corrected chi connectivity index (χ0v) is 22.6. The summed E-state index contributed by atoms with van der Waals surface area (Å²) in [5.74, 6) is -4.90. The zero-order chi connectivity index (χ0) is 29.9. The minimum atomic E-state index is -4.98. The number of aliphatic hydroxyl groups is 1. The lowest BCUT2D eigenvalue weighted by Gasteiger charge is -2.39. The van der Waals surface area contributed by atoms with E-state index in [2.05, 4.69) is 4.74 Å². The zero-order valence-electron chi connectivity index (χ0n) is 21.0. The number of amides is 2. The SMILES string of the molecule is COC(=O)NCC(=O)NC(c1ccc(C(CO)N(CC2CC(F)(F)C2)S(=O)(=O)c2ccc(N)cc2)s1)C(F)(F)F. The third kappa shape index (κ3) is 7.58. The number of halogens is 5. The monoisotopic (exact) mass is 614 g/mol. The van der Waals surface area contributed by atoms with Crippen LogP contribution >= 0.6 is 11.3 Å². The molecule has 0 spiro atoms. The molecule has 0 bridgehead atoms. The van der Waals surface area contributed by atoms with E-state index < -0.39 is 89.5 Å². The smallest absolute Gasteiger partial charge is 0.413 e. The summed E-state index contributed by atoms with van der Waals surface area (Å²) in [7, 11) is -3.42. The highest BCUT2D eigenvalue weighted by molar-refractivity contribution is 7.89. The molecule has 17 heteroatoms. The minimum Gasteiger partial charge on any atom is -0.453 e. The van der Waals surface area contributed by atoms with Crippen LogP contribution in [0.5, 0.6) is 0 Å². The summed E-state index contributed by atoms with van der Waals surface area (Å²) < 4.78 is 101. The van der Waals surface area contributed by atoms with Crippen molar-refractivity contribution in [2.75, 3.05) is 32.5 Å². The normalized spacial score (nSPS) is 17.1. The molecular weight excluding hydrogens is 587 g/mol. The quantitative estimate of drug-likeness (QED) is 0.224. The van der Waals surface area contributed by atoms with Gasteiger partial charge < -0.3 is 26.2 Å². The molecule has 222 valence electrons. The third-order valence-electron chi connectivity index (χ3n) is 6.09. The number of nitrogens with two attached hydrogens (primary N) is 1. The summed E-state index contributed by atoms with van der Waals surface area (Å²) in [6.07, 6.45) is -7.19. The van der Waals surface area contributed by atoms with Crippen LogP contribution in [0, 0.1) is 5.92 Å². The Kier molecular flexibility index (Phi) is 9.64. The first-order valence-corrected chi connectivity index (χ1v) is 14.0. The highest BCUT2D eigenvalue weighted by Gasteiger charge is 2.48. The van der Waals surface area contributed by atoms with E-state index in [9.17, 15) is 45.1 Å². The Morgan fingerprint density at radius 1 is 1.18 bits per heavy atom. The third-order valence-corrected chi connectivity index (χ3v) is 9.23. The Balaban J connectivity index is 1.93. The van der Waals surface area contributed by atoms with Gasteiger partial charge in [-0.1, -0.05) is 0 Å². The number of methoxy groups -OCH3 is 1. The number of rotatable bonds is 11. The van der Waals surface area contributed by atoms with Crippen LogP contribution in [0.25, 0.3) is 0 Å². The van der Waals surface area contributed by atoms with Crippen LogP contribution in [-0.2, 0) is 19.6 Å². The average molecular weight is 615 g/mol. The fraction of sp³-hybridized carbons (Fsp3) is 0.478. The first kappa shape index (κ1) is 31.5. The Bertz CT molecular complexity index is 1300. The van der Waals surface area contributed by atoms with E-state index in [0.29, 0.717) is 11.3 Å². The highest BCUT2D eigenvalue weighted by atomic mass is 32.2. The molecule has 1 fully saturated rings. The number of thiophene rings is 1. The number of hydrogen-bond acceptors (Lipinski definition) is 8. The number of nitrogens with one attached hydrogen (secondary N) is 2. The van der Waals surface area contributed by atoms with Crippen LogP contribution < -0.4 is 16.4 Å². The molecule has 0 aliphatic heterocycles. The van der Waals surface area contributed by atoms with Gasteiger partial charge in [0.15, 0.2) is 6.04 Å². The molecule has 5 N–H and O–H groups in total. The first-order valence-electron chi connectivity index (χ1n) is 11.7. The summed E-state index contributed by atoms with van der Waals surface area (Å²) in [4.78, 5) is 22.5. The number of benzene rings is 1. The van der Waals surface area contributed by atoms with Gasteiger partial charge in [0.05, 0.1) is 24.7 Å².